The highest BCUT2D eigenvalue weighted by Crippen LogP contribution is 2.31. The van der Waals surface area contributed by atoms with E-state index in [4.69, 9.17) is 11.6 Å². The maximum Gasteiger partial charge on any atom is 0.282 e. The van der Waals surface area contributed by atoms with Gasteiger partial charge < -0.3 is 14.7 Å². The van der Waals surface area contributed by atoms with E-state index in [2.05, 4.69) is 36.1 Å². The zero-order chi connectivity index (χ0) is 18.1. The molecule has 1 N–H and O–H groups in total. The van der Waals surface area contributed by atoms with Crippen molar-refractivity contribution in [2.75, 3.05) is 42.5 Å². The van der Waals surface area contributed by atoms with Gasteiger partial charge >= 0.3 is 0 Å². The molecule has 0 aromatic heterocycles. The van der Waals surface area contributed by atoms with Crippen LogP contribution in [0.5, 0.6) is 0 Å². The summed E-state index contributed by atoms with van der Waals surface area (Å²) in [7, 11) is 0. The van der Waals surface area contributed by atoms with Gasteiger partial charge in [-0.1, -0.05) is 41.9 Å². The lowest BCUT2D eigenvalue weighted by molar-refractivity contribution is -0.892. The molecular weight excluding hydrogens is 346 g/mol. The summed E-state index contributed by atoms with van der Waals surface area (Å²) in [5, 5.41) is 0.800. The van der Waals surface area contributed by atoms with E-state index < -0.39 is 0 Å². The number of hydrogen-bond acceptors (Lipinski definition) is 2. The van der Waals surface area contributed by atoms with Crippen LogP contribution >= 0.6 is 11.6 Å². The molecule has 2 aliphatic rings. The Morgan fingerprint density at radius 3 is 2.46 bits per heavy atom. The first-order chi connectivity index (χ1) is 12.6. The molecule has 0 aliphatic carbocycles. The molecule has 4 rings (SSSR count). The average Bonchev–Trinajstić information content (AvgIpc) is 2.99. The van der Waals surface area contributed by atoms with E-state index in [1.54, 1.807) is 0 Å². The third-order valence-electron chi connectivity index (χ3n) is 5.54. The molecule has 0 bridgehead atoms. The van der Waals surface area contributed by atoms with Crippen LogP contribution < -0.4 is 14.7 Å². The van der Waals surface area contributed by atoms with E-state index in [1.165, 1.54) is 10.5 Å². The van der Waals surface area contributed by atoms with Gasteiger partial charge in [0.1, 0.15) is 0 Å². The summed E-state index contributed by atoms with van der Waals surface area (Å²) < 4.78 is 0. The fourth-order valence-electron chi connectivity index (χ4n) is 4.19. The molecule has 1 fully saturated rings. The van der Waals surface area contributed by atoms with Gasteiger partial charge in [0.25, 0.3) is 5.91 Å². The molecule has 1 atom stereocenters. The second kappa shape index (κ2) is 7.29. The minimum atomic E-state index is 0.239. The van der Waals surface area contributed by atoms with Crippen LogP contribution in [-0.2, 0) is 11.2 Å². The number of carbonyl (C=O) groups excluding carboxylic acids is 1. The molecule has 2 aromatic carbocycles. The highest BCUT2D eigenvalue weighted by atomic mass is 35.5. The molecule has 1 saturated heterocycles. The quantitative estimate of drug-likeness (QED) is 0.895. The fraction of sp³-hybridized carbons (Fsp3) is 0.381. The normalized spacial score (nSPS) is 20.3. The highest BCUT2D eigenvalue weighted by Gasteiger charge is 2.33. The Hall–Kier alpha value is -2.04. The Kier molecular flexibility index (Phi) is 4.88. The van der Waals surface area contributed by atoms with Crippen LogP contribution in [0.15, 0.2) is 48.5 Å². The van der Waals surface area contributed by atoms with E-state index >= 15 is 0 Å². The number of hydrogen-bond donors (Lipinski definition) is 1. The van der Waals surface area contributed by atoms with Crippen LogP contribution in [0, 0.1) is 0 Å². The first-order valence-corrected chi connectivity index (χ1v) is 9.74. The van der Waals surface area contributed by atoms with Crippen molar-refractivity contribution in [3.63, 3.8) is 0 Å². The monoisotopic (exact) mass is 370 g/mol. The standard InChI is InChI=1S/C21H24ClN3O/c1-16-14-17-6-2-4-8-19(17)25(16)21(26)15-23-10-12-24(13-11-23)20-9-5-3-7-18(20)22/h2-9,16H,10-15H2,1H3/p+1/t16-/m0/s1. The Bertz CT molecular complexity index is 801. The second-order valence-electron chi connectivity index (χ2n) is 7.31. The minimum absolute atomic E-state index is 0.239. The van der Waals surface area contributed by atoms with Crippen LogP contribution in [0.4, 0.5) is 11.4 Å². The molecule has 5 heteroatoms. The topological polar surface area (TPSA) is 28.0 Å². The Morgan fingerprint density at radius 2 is 1.73 bits per heavy atom. The van der Waals surface area contributed by atoms with Gasteiger partial charge in [0.05, 0.1) is 36.9 Å². The molecule has 26 heavy (non-hydrogen) atoms. The van der Waals surface area contributed by atoms with Gasteiger partial charge in [-0.3, -0.25) is 4.79 Å². The lowest BCUT2D eigenvalue weighted by atomic mass is 10.1. The van der Waals surface area contributed by atoms with Crippen LogP contribution in [0.25, 0.3) is 0 Å². The van der Waals surface area contributed by atoms with Gasteiger partial charge in [-0.2, -0.15) is 0 Å². The first kappa shape index (κ1) is 17.4. The van der Waals surface area contributed by atoms with Gasteiger partial charge in [0.2, 0.25) is 0 Å². The third-order valence-corrected chi connectivity index (χ3v) is 5.86. The molecule has 0 saturated carbocycles. The molecule has 4 nitrogen and oxygen atoms in total. The van der Waals surface area contributed by atoms with Crippen molar-refractivity contribution in [1.29, 1.82) is 0 Å². The van der Waals surface area contributed by atoms with Crippen molar-refractivity contribution in [1.82, 2.24) is 0 Å². The Balaban J connectivity index is 1.38. The van der Waals surface area contributed by atoms with Crippen molar-refractivity contribution >= 4 is 28.9 Å². The lowest BCUT2D eigenvalue weighted by Gasteiger charge is -2.34. The number of benzene rings is 2. The van der Waals surface area contributed by atoms with Crippen molar-refractivity contribution in [2.24, 2.45) is 0 Å². The van der Waals surface area contributed by atoms with Gasteiger partial charge in [-0.25, -0.2) is 0 Å². The first-order valence-electron chi connectivity index (χ1n) is 9.36. The van der Waals surface area contributed by atoms with Gasteiger partial charge in [-0.15, -0.1) is 0 Å². The van der Waals surface area contributed by atoms with E-state index in [0.29, 0.717) is 6.54 Å². The lowest BCUT2D eigenvalue weighted by Crippen LogP contribution is -3.16. The van der Waals surface area contributed by atoms with Crippen molar-refractivity contribution < 1.29 is 9.69 Å². The summed E-state index contributed by atoms with van der Waals surface area (Å²) >= 11 is 6.32. The number of quaternary nitrogens is 1. The molecule has 2 heterocycles. The van der Waals surface area contributed by atoms with Gasteiger partial charge in [0, 0.05) is 11.7 Å². The summed E-state index contributed by atoms with van der Waals surface area (Å²) in [6.45, 7) is 6.48. The number of anilines is 2. The Labute approximate surface area is 160 Å². The number of carbonyl (C=O) groups is 1. The zero-order valence-corrected chi connectivity index (χ0v) is 15.9. The van der Waals surface area contributed by atoms with E-state index in [0.717, 1.165) is 49.0 Å². The van der Waals surface area contributed by atoms with Crippen LogP contribution in [0.2, 0.25) is 5.02 Å². The number of para-hydroxylation sites is 2. The highest BCUT2D eigenvalue weighted by molar-refractivity contribution is 6.33. The molecule has 0 spiro atoms. The molecule has 0 radical (unpaired) electrons. The van der Waals surface area contributed by atoms with E-state index in [1.807, 2.05) is 29.2 Å². The number of halogens is 1. The number of amides is 1. The minimum Gasteiger partial charge on any atom is -0.359 e. The summed E-state index contributed by atoms with van der Waals surface area (Å²) in [6, 6.07) is 16.5. The SMILES string of the molecule is C[C@H]1Cc2ccccc2N1C(=O)C[NH+]1CCN(c2ccccc2Cl)CC1. The predicted molar refractivity (Wildman–Crippen MR) is 106 cm³/mol. The summed E-state index contributed by atoms with van der Waals surface area (Å²) in [4.78, 5) is 18.6. The van der Waals surface area contributed by atoms with E-state index in [-0.39, 0.29) is 11.9 Å². The van der Waals surface area contributed by atoms with Crippen LogP contribution in [0.1, 0.15) is 12.5 Å². The number of nitrogens with zero attached hydrogens (tertiary/aromatic N) is 2. The van der Waals surface area contributed by atoms with E-state index in [9.17, 15) is 4.79 Å². The zero-order valence-electron chi connectivity index (χ0n) is 15.1. The fourth-order valence-corrected chi connectivity index (χ4v) is 4.45. The number of rotatable bonds is 3. The molecule has 2 aromatic rings. The largest absolute Gasteiger partial charge is 0.359 e. The summed E-state index contributed by atoms with van der Waals surface area (Å²) in [5.41, 5.74) is 3.48. The predicted octanol–water partition coefficient (Wildman–Crippen LogP) is 2.02. The number of fused-ring (bicyclic) bond motifs is 1. The third kappa shape index (κ3) is 3.31. The smallest absolute Gasteiger partial charge is 0.282 e. The van der Waals surface area contributed by atoms with Gasteiger partial charge in [0.15, 0.2) is 6.54 Å². The average molecular weight is 371 g/mol. The maximum absolute atomic E-state index is 13.0. The van der Waals surface area contributed by atoms with Crippen LogP contribution in [-0.4, -0.2) is 44.7 Å². The molecule has 1 amide bonds. The maximum atomic E-state index is 13.0. The Morgan fingerprint density at radius 1 is 1.08 bits per heavy atom. The summed E-state index contributed by atoms with van der Waals surface area (Å²) in [5.74, 6) is 0.239. The molecule has 2 aliphatic heterocycles. The van der Waals surface area contributed by atoms with Crippen molar-refractivity contribution in [3.8, 4) is 0 Å². The van der Waals surface area contributed by atoms with Crippen molar-refractivity contribution in [3.05, 3.63) is 59.1 Å². The molecular formula is C21H25ClN3O+. The molecule has 0 unspecified atom stereocenters. The van der Waals surface area contributed by atoms with Gasteiger partial charge in [-0.05, 0) is 37.1 Å². The second-order valence-corrected chi connectivity index (χ2v) is 7.72. The number of nitrogens with one attached hydrogen (secondary N) is 1. The van der Waals surface area contributed by atoms with Crippen LogP contribution in [0.3, 0.4) is 0 Å². The number of piperazine rings is 1. The molecule has 136 valence electrons. The summed E-state index contributed by atoms with van der Waals surface area (Å²) in [6.07, 6.45) is 0.956. The van der Waals surface area contributed by atoms with Crippen molar-refractivity contribution in [2.45, 2.75) is 19.4 Å².